The quantitative estimate of drug-likeness (QED) is 0.775. The number of nitrogens with zero attached hydrogens (tertiary/aromatic N) is 1. The molecule has 0 saturated carbocycles. The minimum Gasteiger partial charge on any atom is -0.294 e. The second kappa shape index (κ2) is 4.49. The molecular formula is C10H6BrF2NO. The van der Waals surface area contributed by atoms with Crippen molar-refractivity contribution in [2.24, 2.45) is 0 Å². The van der Waals surface area contributed by atoms with Gasteiger partial charge in [-0.05, 0) is 35.0 Å². The number of halogens is 3. The van der Waals surface area contributed by atoms with Gasteiger partial charge in [0.1, 0.15) is 0 Å². The van der Waals surface area contributed by atoms with Crippen LogP contribution in [0.5, 0.6) is 0 Å². The maximum atomic E-state index is 12.4. The molecule has 0 aliphatic rings. The van der Waals surface area contributed by atoms with Gasteiger partial charge in [-0.25, -0.2) is 8.78 Å². The predicted molar refractivity (Wildman–Crippen MR) is 53.8 cm³/mol. The van der Waals surface area contributed by atoms with E-state index in [9.17, 15) is 13.6 Å². The molecule has 0 heterocycles. The summed E-state index contributed by atoms with van der Waals surface area (Å²) >= 11 is 3.00. The number of hydrogen-bond donors (Lipinski definition) is 0. The van der Waals surface area contributed by atoms with Crippen LogP contribution in [-0.4, -0.2) is 5.78 Å². The topological polar surface area (TPSA) is 40.9 Å². The van der Waals surface area contributed by atoms with Gasteiger partial charge in [0.15, 0.2) is 5.78 Å². The van der Waals surface area contributed by atoms with Crippen LogP contribution in [0.25, 0.3) is 0 Å². The van der Waals surface area contributed by atoms with E-state index in [1.165, 1.54) is 6.92 Å². The van der Waals surface area contributed by atoms with Crippen molar-refractivity contribution >= 4 is 21.7 Å². The van der Waals surface area contributed by atoms with Crippen LogP contribution in [0.3, 0.4) is 0 Å². The number of carbonyl (C=O) groups excluding carboxylic acids is 1. The van der Waals surface area contributed by atoms with E-state index in [0.29, 0.717) is 0 Å². The van der Waals surface area contributed by atoms with Gasteiger partial charge in [0, 0.05) is 15.6 Å². The number of ketones is 1. The van der Waals surface area contributed by atoms with E-state index >= 15 is 0 Å². The first-order chi connectivity index (χ1) is 6.97. The van der Waals surface area contributed by atoms with Gasteiger partial charge < -0.3 is 0 Å². The Hall–Kier alpha value is -1.28. The monoisotopic (exact) mass is 273 g/mol. The summed E-state index contributed by atoms with van der Waals surface area (Å²) in [6, 6.07) is 3.92. The zero-order chi connectivity index (χ0) is 11.6. The van der Waals surface area contributed by atoms with Crippen molar-refractivity contribution in [3.63, 3.8) is 0 Å². The zero-order valence-electron chi connectivity index (χ0n) is 7.72. The van der Waals surface area contributed by atoms with E-state index in [1.807, 2.05) is 0 Å². The second-order valence-corrected chi connectivity index (χ2v) is 3.75. The fourth-order valence-electron chi connectivity index (χ4n) is 1.20. The highest BCUT2D eigenvalue weighted by Crippen LogP contribution is 2.28. The third-order valence-electron chi connectivity index (χ3n) is 1.84. The summed E-state index contributed by atoms with van der Waals surface area (Å²) in [6.45, 7) is 1.28. The summed E-state index contributed by atoms with van der Waals surface area (Å²) in [7, 11) is 0. The van der Waals surface area contributed by atoms with Crippen molar-refractivity contribution in [1.29, 1.82) is 5.26 Å². The number of rotatable bonds is 2. The highest BCUT2D eigenvalue weighted by molar-refractivity contribution is 9.10. The van der Waals surface area contributed by atoms with E-state index < -0.39 is 6.43 Å². The fraction of sp³-hybridized carbons (Fsp3) is 0.200. The Morgan fingerprint density at radius 1 is 1.53 bits per heavy atom. The predicted octanol–water partition coefficient (Wildman–Crippen LogP) is 3.46. The van der Waals surface area contributed by atoms with Gasteiger partial charge in [-0.3, -0.25) is 4.79 Å². The number of benzene rings is 1. The number of alkyl halides is 2. The first kappa shape index (κ1) is 11.8. The number of hydrogen-bond acceptors (Lipinski definition) is 2. The Morgan fingerprint density at radius 3 is 2.53 bits per heavy atom. The van der Waals surface area contributed by atoms with Crippen molar-refractivity contribution in [3.8, 4) is 6.07 Å². The van der Waals surface area contributed by atoms with Crippen LogP contribution >= 0.6 is 15.9 Å². The average molecular weight is 274 g/mol. The highest BCUT2D eigenvalue weighted by Gasteiger charge is 2.16. The number of nitriles is 1. The molecular weight excluding hydrogens is 268 g/mol. The molecule has 0 fully saturated rings. The van der Waals surface area contributed by atoms with E-state index in [0.717, 1.165) is 12.1 Å². The molecule has 0 unspecified atom stereocenters. The minimum atomic E-state index is -2.66. The van der Waals surface area contributed by atoms with Gasteiger partial charge in [-0.1, -0.05) is 0 Å². The molecule has 0 spiro atoms. The molecule has 2 nitrogen and oxygen atoms in total. The zero-order valence-corrected chi connectivity index (χ0v) is 9.31. The van der Waals surface area contributed by atoms with Gasteiger partial charge >= 0.3 is 0 Å². The molecule has 5 heteroatoms. The van der Waals surface area contributed by atoms with Gasteiger partial charge in [0.05, 0.1) is 11.6 Å². The first-order valence-electron chi connectivity index (χ1n) is 4.00. The molecule has 0 atom stereocenters. The normalized spacial score (nSPS) is 10.1. The molecule has 0 aliphatic carbocycles. The Morgan fingerprint density at radius 2 is 2.13 bits per heavy atom. The van der Waals surface area contributed by atoms with Crippen molar-refractivity contribution in [2.45, 2.75) is 13.3 Å². The van der Waals surface area contributed by atoms with Crippen molar-refractivity contribution in [2.75, 3.05) is 0 Å². The Kier molecular flexibility index (Phi) is 3.53. The van der Waals surface area contributed by atoms with E-state index in [2.05, 4.69) is 15.9 Å². The molecule has 0 amide bonds. The summed E-state index contributed by atoms with van der Waals surface area (Å²) in [5.74, 6) is -0.334. The van der Waals surface area contributed by atoms with Crippen molar-refractivity contribution < 1.29 is 13.6 Å². The summed E-state index contributed by atoms with van der Waals surface area (Å²) in [5, 5.41) is 8.73. The third kappa shape index (κ3) is 2.39. The molecule has 0 N–H and O–H groups in total. The molecule has 1 rings (SSSR count). The summed E-state index contributed by atoms with van der Waals surface area (Å²) in [6.07, 6.45) is -2.66. The Labute approximate surface area is 93.6 Å². The van der Waals surface area contributed by atoms with Crippen molar-refractivity contribution in [1.82, 2.24) is 0 Å². The largest absolute Gasteiger partial charge is 0.294 e. The molecule has 1 aromatic carbocycles. The summed E-state index contributed by atoms with van der Waals surface area (Å²) in [5.41, 5.74) is -0.169. The molecule has 78 valence electrons. The lowest BCUT2D eigenvalue weighted by molar-refractivity contribution is 0.101. The number of Topliss-reactive ketones (excluding diaryl/α,β-unsaturated/α-hetero) is 1. The van der Waals surface area contributed by atoms with Crippen LogP contribution in [0.1, 0.15) is 34.8 Å². The highest BCUT2D eigenvalue weighted by atomic mass is 79.9. The van der Waals surface area contributed by atoms with Gasteiger partial charge in [-0.2, -0.15) is 5.26 Å². The second-order valence-electron chi connectivity index (χ2n) is 2.89. The van der Waals surface area contributed by atoms with E-state index in [1.54, 1.807) is 6.07 Å². The minimum absolute atomic E-state index is 0.0350. The Bertz CT molecular complexity index is 451. The molecule has 1 aromatic rings. The van der Waals surface area contributed by atoms with Crippen LogP contribution in [0, 0.1) is 11.3 Å². The van der Waals surface area contributed by atoms with Gasteiger partial charge in [0.25, 0.3) is 6.43 Å². The van der Waals surface area contributed by atoms with Crippen LogP contribution in [0.4, 0.5) is 8.78 Å². The van der Waals surface area contributed by atoms with Crippen LogP contribution in [0.15, 0.2) is 16.6 Å². The smallest absolute Gasteiger partial charge is 0.263 e. The lowest BCUT2D eigenvalue weighted by Gasteiger charge is -2.06. The van der Waals surface area contributed by atoms with E-state index in [-0.39, 0.29) is 26.9 Å². The SMILES string of the molecule is CC(=O)c1c(Br)cc(C(F)F)cc1C#N. The lowest BCUT2D eigenvalue weighted by atomic mass is 10.0. The maximum Gasteiger partial charge on any atom is 0.263 e. The molecule has 15 heavy (non-hydrogen) atoms. The van der Waals surface area contributed by atoms with Gasteiger partial charge in [0.2, 0.25) is 0 Å². The molecule has 0 aromatic heterocycles. The molecule has 0 radical (unpaired) electrons. The van der Waals surface area contributed by atoms with E-state index in [4.69, 9.17) is 5.26 Å². The first-order valence-corrected chi connectivity index (χ1v) is 4.79. The number of carbonyl (C=O) groups is 1. The third-order valence-corrected chi connectivity index (χ3v) is 2.46. The van der Waals surface area contributed by atoms with Gasteiger partial charge in [-0.15, -0.1) is 0 Å². The average Bonchev–Trinajstić information content (AvgIpc) is 2.15. The summed E-state index contributed by atoms with van der Waals surface area (Å²) in [4.78, 5) is 11.2. The lowest BCUT2D eigenvalue weighted by Crippen LogP contribution is -2.00. The van der Waals surface area contributed by atoms with Crippen LogP contribution < -0.4 is 0 Å². The maximum absolute atomic E-state index is 12.4. The van der Waals surface area contributed by atoms with Crippen molar-refractivity contribution in [3.05, 3.63) is 33.3 Å². The summed E-state index contributed by atoms with van der Waals surface area (Å²) < 4.78 is 25.0. The molecule has 0 saturated heterocycles. The Balaban J connectivity index is 3.46. The standard InChI is InChI=1S/C10H6BrF2NO/c1-5(15)9-7(4-14)2-6(10(12)13)3-8(9)11/h2-3,10H,1H3. The molecule has 0 aliphatic heterocycles. The fourth-order valence-corrected chi connectivity index (χ4v) is 1.96. The molecule has 0 bridgehead atoms. The van der Waals surface area contributed by atoms with Crippen LogP contribution in [0.2, 0.25) is 0 Å². The van der Waals surface area contributed by atoms with Crippen LogP contribution in [-0.2, 0) is 0 Å².